The van der Waals surface area contributed by atoms with Gasteiger partial charge in [-0.2, -0.15) is 4.98 Å². The van der Waals surface area contributed by atoms with Gasteiger partial charge in [-0.3, -0.25) is 0 Å². The van der Waals surface area contributed by atoms with Crippen LogP contribution in [-0.4, -0.2) is 19.7 Å². The Hall–Kier alpha value is -2.31. The predicted molar refractivity (Wildman–Crippen MR) is 104 cm³/mol. The van der Waals surface area contributed by atoms with Crippen molar-refractivity contribution >= 4 is 34.4 Å². The molecule has 0 saturated carbocycles. The van der Waals surface area contributed by atoms with E-state index in [4.69, 9.17) is 21.1 Å². The molecule has 7 heteroatoms. The van der Waals surface area contributed by atoms with E-state index >= 15 is 0 Å². The first-order valence-electron chi connectivity index (χ1n) is 8.37. The van der Waals surface area contributed by atoms with Crippen LogP contribution in [0, 0.1) is 0 Å². The standard InChI is InChI=1S/C19H17ClN4OS/c1-2-18-22-17(23-25-18)12-26-19-21-15-10-14(20)8-9-16(15)24(19)11-13-6-4-3-5-7-13/h3-10H,2,11-12H2,1H3. The van der Waals surface area contributed by atoms with Gasteiger partial charge in [0.15, 0.2) is 11.0 Å². The van der Waals surface area contributed by atoms with Gasteiger partial charge in [-0.1, -0.05) is 65.8 Å². The number of nitrogens with zero attached hydrogens (tertiary/aromatic N) is 4. The van der Waals surface area contributed by atoms with Gasteiger partial charge in [0.25, 0.3) is 0 Å². The molecule has 2 heterocycles. The molecule has 2 aromatic heterocycles. The number of thioether (sulfide) groups is 1. The highest BCUT2D eigenvalue weighted by Crippen LogP contribution is 2.28. The maximum atomic E-state index is 6.14. The summed E-state index contributed by atoms with van der Waals surface area (Å²) in [6.45, 7) is 2.74. The summed E-state index contributed by atoms with van der Waals surface area (Å²) in [5.74, 6) is 1.95. The summed E-state index contributed by atoms with van der Waals surface area (Å²) in [5.41, 5.74) is 3.16. The first kappa shape index (κ1) is 17.1. The van der Waals surface area contributed by atoms with Crippen LogP contribution in [0.4, 0.5) is 0 Å². The zero-order valence-corrected chi connectivity index (χ0v) is 15.8. The molecule has 0 radical (unpaired) electrons. The van der Waals surface area contributed by atoms with Gasteiger partial charge in [0.1, 0.15) is 0 Å². The van der Waals surface area contributed by atoms with E-state index in [1.165, 1.54) is 5.56 Å². The predicted octanol–water partition coefficient (Wildman–Crippen LogP) is 4.98. The molecule has 0 aliphatic rings. The summed E-state index contributed by atoms with van der Waals surface area (Å²) < 4.78 is 7.38. The topological polar surface area (TPSA) is 56.7 Å². The average Bonchev–Trinajstić information content (AvgIpc) is 3.25. The Bertz CT molecular complexity index is 1030. The fourth-order valence-electron chi connectivity index (χ4n) is 2.73. The Morgan fingerprint density at radius 3 is 2.73 bits per heavy atom. The van der Waals surface area contributed by atoms with Crippen LogP contribution in [0.1, 0.15) is 24.2 Å². The van der Waals surface area contributed by atoms with Gasteiger partial charge in [0, 0.05) is 11.4 Å². The number of aromatic nitrogens is 4. The van der Waals surface area contributed by atoms with E-state index in [1.807, 2.05) is 43.3 Å². The first-order valence-corrected chi connectivity index (χ1v) is 9.73. The lowest BCUT2D eigenvalue weighted by Crippen LogP contribution is -2.01. The monoisotopic (exact) mass is 384 g/mol. The second-order valence-electron chi connectivity index (χ2n) is 5.85. The van der Waals surface area contributed by atoms with Gasteiger partial charge < -0.3 is 9.09 Å². The number of halogens is 1. The van der Waals surface area contributed by atoms with Crippen LogP contribution in [0.3, 0.4) is 0 Å². The van der Waals surface area contributed by atoms with E-state index in [9.17, 15) is 0 Å². The molecule has 0 spiro atoms. The van der Waals surface area contributed by atoms with E-state index in [0.717, 1.165) is 29.2 Å². The van der Waals surface area contributed by atoms with Gasteiger partial charge in [-0.05, 0) is 23.8 Å². The lowest BCUT2D eigenvalue weighted by molar-refractivity contribution is 0.378. The highest BCUT2D eigenvalue weighted by molar-refractivity contribution is 7.98. The van der Waals surface area contributed by atoms with Crippen molar-refractivity contribution in [2.45, 2.75) is 30.8 Å². The van der Waals surface area contributed by atoms with Crippen LogP contribution in [0.15, 0.2) is 58.2 Å². The molecule has 0 N–H and O–H groups in total. The minimum Gasteiger partial charge on any atom is -0.339 e. The summed E-state index contributed by atoms with van der Waals surface area (Å²) in [5, 5.41) is 5.61. The Morgan fingerprint density at radius 2 is 1.96 bits per heavy atom. The summed E-state index contributed by atoms with van der Waals surface area (Å²) in [6, 6.07) is 16.1. The van der Waals surface area contributed by atoms with Crippen molar-refractivity contribution in [2.75, 3.05) is 0 Å². The maximum Gasteiger partial charge on any atom is 0.226 e. The van der Waals surface area contributed by atoms with Crippen LogP contribution < -0.4 is 0 Å². The molecule has 2 aromatic carbocycles. The van der Waals surface area contributed by atoms with Crippen LogP contribution >= 0.6 is 23.4 Å². The zero-order valence-electron chi connectivity index (χ0n) is 14.2. The van der Waals surface area contributed by atoms with Crippen LogP contribution in [0.2, 0.25) is 5.02 Å². The molecule has 0 fully saturated rings. The third-order valence-corrected chi connectivity index (χ3v) is 5.21. The Morgan fingerprint density at radius 1 is 1.12 bits per heavy atom. The summed E-state index contributed by atoms with van der Waals surface area (Å²) in [6.07, 6.45) is 0.739. The number of imidazole rings is 1. The van der Waals surface area contributed by atoms with Gasteiger partial charge in [-0.25, -0.2) is 4.98 Å². The number of hydrogen-bond acceptors (Lipinski definition) is 5. The second kappa shape index (κ2) is 7.51. The first-order chi connectivity index (χ1) is 12.7. The SMILES string of the molecule is CCc1nc(CSc2nc3cc(Cl)ccc3n2Cc2ccccc2)no1. The third kappa shape index (κ3) is 3.61. The zero-order chi connectivity index (χ0) is 17.9. The molecule has 0 amide bonds. The quantitative estimate of drug-likeness (QED) is 0.439. The summed E-state index contributed by atoms with van der Waals surface area (Å²) in [7, 11) is 0. The number of rotatable bonds is 6. The molecule has 0 saturated heterocycles. The Kier molecular flexibility index (Phi) is 4.95. The molecule has 0 atom stereocenters. The van der Waals surface area contributed by atoms with E-state index in [0.29, 0.717) is 22.5 Å². The molecule has 0 bridgehead atoms. The maximum absolute atomic E-state index is 6.14. The summed E-state index contributed by atoms with van der Waals surface area (Å²) in [4.78, 5) is 9.14. The normalized spacial score (nSPS) is 11.3. The average molecular weight is 385 g/mol. The molecule has 0 unspecified atom stereocenters. The van der Waals surface area contributed by atoms with Gasteiger partial charge in [0.2, 0.25) is 5.89 Å². The Labute approximate surface area is 160 Å². The van der Waals surface area contributed by atoms with Crippen molar-refractivity contribution in [3.63, 3.8) is 0 Å². The van der Waals surface area contributed by atoms with Crippen molar-refractivity contribution in [1.29, 1.82) is 0 Å². The van der Waals surface area contributed by atoms with E-state index < -0.39 is 0 Å². The van der Waals surface area contributed by atoms with Gasteiger partial charge >= 0.3 is 0 Å². The minimum atomic E-state index is 0.606. The Balaban J connectivity index is 1.66. The lowest BCUT2D eigenvalue weighted by Gasteiger charge is -2.08. The minimum absolute atomic E-state index is 0.606. The van der Waals surface area contributed by atoms with Crippen molar-refractivity contribution < 1.29 is 4.52 Å². The number of fused-ring (bicyclic) bond motifs is 1. The van der Waals surface area contributed by atoms with Crippen LogP contribution in [0.5, 0.6) is 0 Å². The molecule has 0 aliphatic heterocycles. The van der Waals surface area contributed by atoms with Crippen molar-refractivity contribution in [2.24, 2.45) is 0 Å². The molecule has 132 valence electrons. The van der Waals surface area contributed by atoms with Gasteiger partial charge in [0.05, 0.1) is 23.3 Å². The van der Waals surface area contributed by atoms with E-state index in [1.54, 1.807) is 11.8 Å². The molecule has 4 aromatic rings. The number of benzene rings is 2. The highest BCUT2D eigenvalue weighted by atomic mass is 35.5. The second-order valence-corrected chi connectivity index (χ2v) is 7.22. The van der Waals surface area contributed by atoms with Crippen molar-refractivity contribution in [3.05, 3.63) is 70.8 Å². The molecule has 0 aliphatic carbocycles. The third-order valence-electron chi connectivity index (χ3n) is 4.00. The summed E-state index contributed by atoms with van der Waals surface area (Å²) >= 11 is 7.74. The highest BCUT2D eigenvalue weighted by Gasteiger charge is 2.14. The largest absolute Gasteiger partial charge is 0.339 e. The lowest BCUT2D eigenvalue weighted by atomic mass is 10.2. The molecular weight excluding hydrogens is 368 g/mol. The number of hydrogen-bond donors (Lipinski definition) is 0. The molecular formula is C19H17ClN4OS. The fraction of sp³-hybridized carbons (Fsp3) is 0.211. The van der Waals surface area contributed by atoms with E-state index in [2.05, 4.69) is 26.8 Å². The van der Waals surface area contributed by atoms with Gasteiger partial charge in [-0.15, -0.1) is 0 Å². The van der Waals surface area contributed by atoms with Crippen LogP contribution in [-0.2, 0) is 18.7 Å². The molecule has 26 heavy (non-hydrogen) atoms. The fourth-order valence-corrected chi connectivity index (χ4v) is 3.75. The molecule has 4 rings (SSSR count). The van der Waals surface area contributed by atoms with Crippen molar-refractivity contribution in [1.82, 2.24) is 19.7 Å². The molecule has 5 nitrogen and oxygen atoms in total. The number of aryl methyl sites for hydroxylation is 1. The smallest absolute Gasteiger partial charge is 0.226 e. The van der Waals surface area contributed by atoms with Crippen LogP contribution in [0.25, 0.3) is 11.0 Å². The van der Waals surface area contributed by atoms with Crippen molar-refractivity contribution in [3.8, 4) is 0 Å². The van der Waals surface area contributed by atoms with E-state index in [-0.39, 0.29) is 0 Å².